The Kier molecular flexibility index (Phi) is 6.48. The van der Waals surface area contributed by atoms with Crippen LogP contribution in [0.1, 0.15) is 23.3 Å². The van der Waals surface area contributed by atoms with Crippen molar-refractivity contribution in [3.8, 4) is 17.2 Å². The molecular weight excluding hydrogens is 448 g/mol. The van der Waals surface area contributed by atoms with Crippen molar-refractivity contribution in [2.75, 3.05) is 26.6 Å². The lowest BCUT2D eigenvalue weighted by molar-refractivity contribution is -0.120. The number of thiazole rings is 1. The first-order chi connectivity index (χ1) is 15.4. The molecule has 0 saturated heterocycles. The molecule has 2 heterocycles. The molecule has 0 aliphatic carbocycles. The molecule has 0 bridgehead atoms. The standard InChI is InChI=1S/C23H24N2O5S2/c1-12-18(21(26)24-14-6-8-15(28-2)9-7-14)19(20-22(31-12)25-23(27)32-20)13-5-10-16(29-3)17(11-13)30-4/h5-12,18-19H,1-4H3,(H,24,26)(H,25,27). The number of fused-ring (bicyclic) bond motifs is 1. The molecule has 9 heteroatoms. The quantitative estimate of drug-likeness (QED) is 0.555. The number of carbonyl (C=O) groups is 1. The van der Waals surface area contributed by atoms with Crippen LogP contribution in [0.25, 0.3) is 0 Å². The molecule has 3 unspecified atom stereocenters. The summed E-state index contributed by atoms with van der Waals surface area (Å²) >= 11 is 2.67. The number of hydrogen-bond donors (Lipinski definition) is 2. The second-order valence-corrected chi connectivity index (χ2v) is 9.77. The van der Waals surface area contributed by atoms with Gasteiger partial charge in [-0.15, -0.1) is 11.8 Å². The van der Waals surface area contributed by atoms with E-state index in [-0.39, 0.29) is 21.9 Å². The zero-order chi connectivity index (χ0) is 22.8. The number of aromatic amines is 1. The van der Waals surface area contributed by atoms with Gasteiger partial charge in [-0.1, -0.05) is 24.3 Å². The van der Waals surface area contributed by atoms with Crippen LogP contribution in [0, 0.1) is 5.92 Å². The van der Waals surface area contributed by atoms with Gasteiger partial charge in [0.15, 0.2) is 11.5 Å². The third-order valence-corrected chi connectivity index (χ3v) is 7.84. The van der Waals surface area contributed by atoms with Crippen LogP contribution in [0.5, 0.6) is 17.2 Å². The van der Waals surface area contributed by atoms with Gasteiger partial charge in [0.2, 0.25) is 5.91 Å². The molecule has 4 rings (SSSR count). The van der Waals surface area contributed by atoms with Gasteiger partial charge in [-0.2, -0.15) is 0 Å². The van der Waals surface area contributed by atoms with Crippen molar-refractivity contribution < 1.29 is 19.0 Å². The summed E-state index contributed by atoms with van der Waals surface area (Å²) in [6.45, 7) is 2.01. The Morgan fingerprint density at radius 3 is 2.38 bits per heavy atom. The lowest BCUT2D eigenvalue weighted by atomic mass is 9.81. The number of amides is 1. The molecule has 168 valence electrons. The minimum Gasteiger partial charge on any atom is -0.497 e. The Bertz CT molecular complexity index is 1170. The Morgan fingerprint density at radius 1 is 1.00 bits per heavy atom. The normalized spacial score (nSPS) is 19.7. The summed E-state index contributed by atoms with van der Waals surface area (Å²) in [6.07, 6.45) is 0. The summed E-state index contributed by atoms with van der Waals surface area (Å²) in [7, 11) is 4.76. The number of ether oxygens (including phenoxy) is 3. The number of thioether (sulfide) groups is 1. The van der Waals surface area contributed by atoms with Gasteiger partial charge >= 0.3 is 4.87 Å². The molecule has 1 aliphatic rings. The number of H-pyrrole nitrogens is 1. The highest BCUT2D eigenvalue weighted by Crippen LogP contribution is 2.50. The molecule has 7 nitrogen and oxygen atoms in total. The molecule has 1 aliphatic heterocycles. The third-order valence-electron chi connectivity index (χ3n) is 5.52. The van der Waals surface area contributed by atoms with Gasteiger partial charge in [0.1, 0.15) is 5.75 Å². The van der Waals surface area contributed by atoms with Gasteiger partial charge in [0.25, 0.3) is 0 Å². The largest absolute Gasteiger partial charge is 0.497 e. The predicted octanol–water partition coefficient (Wildman–Crippen LogP) is 4.34. The molecule has 1 aromatic heterocycles. The molecule has 0 fully saturated rings. The van der Waals surface area contributed by atoms with Crippen LogP contribution in [0.15, 0.2) is 52.3 Å². The second-order valence-electron chi connectivity index (χ2n) is 7.37. The van der Waals surface area contributed by atoms with E-state index in [1.165, 1.54) is 11.8 Å². The molecule has 0 radical (unpaired) electrons. The Hall–Kier alpha value is -2.91. The van der Waals surface area contributed by atoms with Crippen molar-refractivity contribution in [2.24, 2.45) is 5.92 Å². The fraction of sp³-hybridized carbons (Fsp3) is 0.304. The Balaban J connectivity index is 1.75. The van der Waals surface area contributed by atoms with Crippen molar-refractivity contribution in [3.05, 3.63) is 62.6 Å². The molecule has 1 amide bonds. The van der Waals surface area contributed by atoms with Crippen molar-refractivity contribution in [1.82, 2.24) is 4.98 Å². The van der Waals surface area contributed by atoms with Crippen LogP contribution >= 0.6 is 23.1 Å². The molecule has 0 saturated carbocycles. The van der Waals surface area contributed by atoms with Crippen molar-refractivity contribution >= 4 is 34.7 Å². The molecule has 32 heavy (non-hydrogen) atoms. The summed E-state index contributed by atoms with van der Waals surface area (Å²) < 4.78 is 16.1. The SMILES string of the molecule is COc1ccc(NC(=O)C2C(C)Sc3[nH]c(=O)sc3C2c2ccc(OC)c(OC)c2)cc1. The number of rotatable bonds is 6. The summed E-state index contributed by atoms with van der Waals surface area (Å²) in [5.74, 6) is 1.09. The minimum absolute atomic E-state index is 0.0657. The monoisotopic (exact) mass is 472 g/mol. The Labute approximate surface area is 194 Å². The molecule has 3 aromatic rings. The maximum atomic E-state index is 13.5. The fourth-order valence-electron chi connectivity index (χ4n) is 3.98. The first-order valence-electron chi connectivity index (χ1n) is 10.0. The summed E-state index contributed by atoms with van der Waals surface area (Å²) in [5.41, 5.74) is 1.58. The van der Waals surface area contributed by atoms with E-state index in [4.69, 9.17) is 14.2 Å². The molecule has 2 aromatic carbocycles. The van der Waals surface area contributed by atoms with E-state index in [0.717, 1.165) is 32.6 Å². The van der Waals surface area contributed by atoms with E-state index < -0.39 is 5.92 Å². The Morgan fingerprint density at radius 2 is 1.72 bits per heavy atom. The van der Waals surface area contributed by atoms with Crippen LogP contribution < -0.4 is 24.4 Å². The fourth-order valence-corrected chi connectivity index (χ4v) is 6.42. The average molecular weight is 473 g/mol. The van der Waals surface area contributed by atoms with E-state index in [0.29, 0.717) is 17.2 Å². The zero-order valence-electron chi connectivity index (χ0n) is 18.1. The van der Waals surface area contributed by atoms with Crippen LogP contribution in [-0.2, 0) is 4.79 Å². The van der Waals surface area contributed by atoms with Crippen LogP contribution in [0.2, 0.25) is 0 Å². The molecular formula is C23H24N2O5S2. The predicted molar refractivity (Wildman–Crippen MR) is 127 cm³/mol. The van der Waals surface area contributed by atoms with Gasteiger partial charge in [0, 0.05) is 21.7 Å². The second kappa shape index (κ2) is 9.30. The lowest BCUT2D eigenvalue weighted by Gasteiger charge is -2.35. The number of anilines is 1. The third kappa shape index (κ3) is 4.22. The molecule has 0 spiro atoms. The lowest BCUT2D eigenvalue weighted by Crippen LogP contribution is -2.37. The number of nitrogens with one attached hydrogen (secondary N) is 2. The number of carbonyl (C=O) groups excluding carboxylic acids is 1. The van der Waals surface area contributed by atoms with Crippen LogP contribution in [-0.4, -0.2) is 37.5 Å². The van der Waals surface area contributed by atoms with Crippen LogP contribution in [0.4, 0.5) is 5.69 Å². The number of benzene rings is 2. The molecule has 3 atom stereocenters. The number of aromatic nitrogens is 1. The highest BCUT2D eigenvalue weighted by Gasteiger charge is 2.42. The van der Waals surface area contributed by atoms with Crippen molar-refractivity contribution in [2.45, 2.75) is 23.1 Å². The summed E-state index contributed by atoms with van der Waals surface area (Å²) in [6, 6.07) is 12.9. The van der Waals surface area contributed by atoms with E-state index in [1.54, 1.807) is 33.5 Å². The van der Waals surface area contributed by atoms with Gasteiger partial charge < -0.3 is 24.5 Å². The van der Waals surface area contributed by atoms with E-state index >= 15 is 0 Å². The minimum atomic E-state index is -0.404. The maximum Gasteiger partial charge on any atom is 0.305 e. The average Bonchev–Trinajstić information content (AvgIpc) is 3.17. The highest BCUT2D eigenvalue weighted by molar-refractivity contribution is 8.00. The first-order valence-corrected chi connectivity index (χ1v) is 11.7. The van der Waals surface area contributed by atoms with Gasteiger partial charge in [0.05, 0.1) is 32.3 Å². The highest BCUT2D eigenvalue weighted by atomic mass is 32.2. The van der Waals surface area contributed by atoms with Gasteiger partial charge in [-0.05, 0) is 42.0 Å². The first kappa shape index (κ1) is 22.3. The summed E-state index contributed by atoms with van der Waals surface area (Å²) in [4.78, 5) is 29.4. The van der Waals surface area contributed by atoms with E-state index in [2.05, 4.69) is 10.3 Å². The van der Waals surface area contributed by atoms with Crippen molar-refractivity contribution in [3.63, 3.8) is 0 Å². The molecule has 2 N–H and O–H groups in total. The zero-order valence-corrected chi connectivity index (χ0v) is 19.8. The number of hydrogen-bond acceptors (Lipinski definition) is 7. The number of methoxy groups -OCH3 is 3. The van der Waals surface area contributed by atoms with Crippen LogP contribution in [0.3, 0.4) is 0 Å². The smallest absolute Gasteiger partial charge is 0.305 e. The van der Waals surface area contributed by atoms with Crippen molar-refractivity contribution in [1.29, 1.82) is 0 Å². The topological polar surface area (TPSA) is 89.7 Å². The van der Waals surface area contributed by atoms with Gasteiger partial charge in [-0.3, -0.25) is 9.59 Å². The van der Waals surface area contributed by atoms with Gasteiger partial charge in [-0.25, -0.2) is 0 Å². The van der Waals surface area contributed by atoms with E-state index in [1.807, 2.05) is 37.3 Å². The van der Waals surface area contributed by atoms with E-state index in [9.17, 15) is 9.59 Å². The summed E-state index contributed by atoms with van der Waals surface area (Å²) in [5, 5.41) is 3.79. The maximum absolute atomic E-state index is 13.5.